The summed E-state index contributed by atoms with van der Waals surface area (Å²) in [6.07, 6.45) is 2.75. The molecule has 0 fully saturated rings. The van der Waals surface area contributed by atoms with Gasteiger partial charge >= 0.3 is 0 Å². The molecule has 0 radical (unpaired) electrons. The van der Waals surface area contributed by atoms with E-state index < -0.39 is 0 Å². The Kier molecular flexibility index (Phi) is 5.61. The maximum atomic E-state index is 12.3. The zero-order valence-corrected chi connectivity index (χ0v) is 14.6. The van der Waals surface area contributed by atoms with E-state index in [0.717, 1.165) is 25.8 Å². The lowest BCUT2D eigenvalue weighted by atomic mass is 10.1. The van der Waals surface area contributed by atoms with Crippen LogP contribution >= 0.6 is 0 Å². The van der Waals surface area contributed by atoms with Gasteiger partial charge in [0, 0.05) is 12.6 Å². The number of carbonyl (C=O) groups excluding carboxylic acids is 2. The normalized spacial score (nSPS) is 14.7. The standard InChI is InChI=1S/C21H24N2O2/c1-16(15-17-9-3-2-4-10-17)22-13-7-8-14-23-20(24)18-11-5-6-12-19(18)21(23)25/h2-6,9-12,16,22H,7-8,13-15H2,1H3. The maximum Gasteiger partial charge on any atom is 0.261 e. The molecule has 1 aliphatic rings. The Morgan fingerprint density at radius 2 is 1.48 bits per heavy atom. The van der Waals surface area contributed by atoms with E-state index in [4.69, 9.17) is 0 Å². The van der Waals surface area contributed by atoms with Crippen LogP contribution in [0.4, 0.5) is 0 Å². The second-order valence-electron chi connectivity index (χ2n) is 6.56. The Hall–Kier alpha value is -2.46. The van der Waals surface area contributed by atoms with Gasteiger partial charge in [0.05, 0.1) is 11.1 Å². The third kappa shape index (κ3) is 4.15. The summed E-state index contributed by atoms with van der Waals surface area (Å²) in [4.78, 5) is 25.9. The smallest absolute Gasteiger partial charge is 0.261 e. The van der Waals surface area contributed by atoms with Crippen LogP contribution in [-0.4, -0.2) is 35.8 Å². The van der Waals surface area contributed by atoms with Crippen LogP contribution in [0.3, 0.4) is 0 Å². The summed E-state index contributed by atoms with van der Waals surface area (Å²) in [5.74, 6) is -0.322. The minimum absolute atomic E-state index is 0.161. The Bertz CT molecular complexity index is 708. The van der Waals surface area contributed by atoms with E-state index in [0.29, 0.717) is 23.7 Å². The number of rotatable bonds is 8. The average molecular weight is 336 g/mol. The highest BCUT2D eigenvalue weighted by Gasteiger charge is 2.34. The topological polar surface area (TPSA) is 49.4 Å². The van der Waals surface area contributed by atoms with Gasteiger partial charge in [-0.3, -0.25) is 14.5 Å². The van der Waals surface area contributed by atoms with Crippen molar-refractivity contribution in [3.8, 4) is 0 Å². The third-order valence-corrected chi connectivity index (χ3v) is 4.56. The van der Waals surface area contributed by atoms with Gasteiger partial charge in [0.15, 0.2) is 0 Å². The number of hydrogen-bond acceptors (Lipinski definition) is 3. The summed E-state index contributed by atoms with van der Waals surface area (Å²) >= 11 is 0. The molecule has 0 bridgehead atoms. The minimum atomic E-state index is -0.161. The van der Waals surface area contributed by atoms with Crippen LogP contribution in [0.1, 0.15) is 46.0 Å². The number of benzene rings is 2. The Morgan fingerprint density at radius 1 is 0.880 bits per heavy atom. The molecule has 1 atom stereocenters. The van der Waals surface area contributed by atoms with Crippen molar-refractivity contribution in [3.63, 3.8) is 0 Å². The monoisotopic (exact) mass is 336 g/mol. The first-order chi connectivity index (χ1) is 12.2. The summed E-state index contributed by atoms with van der Waals surface area (Å²) in [5, 5.41) is 3.51. The predicted octanol–water partition coefficient (Wildman–Crippen LogP) is 3.28. The minimum Gasteiger partial charge on any atom is -0.314 e. The molecule has 0 aliphatic carbocycles. The largest absolute Gasteiger partial charge is 0.314 e. The van der Waals surface area contributed by atoms with Crippen LogP contribution in [-0.2, 0) is 6.42 Å². The van der Waals surface area contributed by atoms with Crippen LogP contribution < -0.4 is 5.32 Å². The summed E-state index contributed by atoms with van der Waals surface area (Å²) in [6, 6.07) is 17.9. The Morgan fingerprint density at radius 3 is 2.12 bits per heavy atom. The molecule has 0 saturated heterocycles. The number of fused-ring (bicyclic) bond motifs is 1. The molecule has 1 heterocycles. The first-order valence-corrected chi connectivity index (χ1v) is 8.89. The van der Waals surface area contributed by atoms with E-state index in [1.54, 1.807) is 24.3 Å². The summed E-state index contributed by atoms with van der Waals surface area (Å²) in [5.41, 5.74) is 2.39. The van der Waals surface area contributed by atoms with Gasteiger partial charge in [-0.2, -0.15) is 0 Å². The number of imide groups is 1. The van der Waals surface area contributed by atoms with Crippen molar-refractivity contribution in [1.29, 1.82) is 0 Å². The molecular formula is C21H24N2O2. The van der Waals surface area contributed by atoms with E-state index >= 15 is 0 Å². The summed E-state index contributed by atoms with van der Waals surface area (Å²) in [7, 11) is 0. The average Bonchev–Trinajstić information content (AvgIpc) is 2.87. The van der Waals surface area contributed by atoms with Gasteiger partial charge < -0.3 is 5.32 Å². The highest BCUT2D eigenvalue weighted by molar-refractivity contribution is 6.21. The number of unbranched alkanes of at least 4 members (excludes halogenated alkanes) is 1. The van der Waals surface area contributed by atoms with Gasteiger partial charge in [-0.15, -0.1) is 0 Å². The van der Waals surface area contributed by atoms with Crippen LogP contribution in [0.15, 0.2) is 54.6 Å². The Labute approximate surface area is 148 Å². The molecule has 3 rings (SSSR count). The molecule has 2 amide bonds. The molecule has 25 heavy (non-hydrogen) atoms. The molecule has 1 aliphatic heterocycles. The molecule has 2 aromatic rings. The first kappa shape index (κ1) is 17.4. The summed E-state index contributed by atoms with van der Waals surface area (Å²) in [6.45, 7) is 3.55. The molecule has 4 heteroatoms. The lowest BCUT2D eigenvalue weighted by Crippen LogP contribution is -2.32. The predicted molar refractivity (Wildman–Crippen MR) is 98.7 cm³/mol. The highest BCUT2D eigenvalue weighted by atomic mass is 16.2. The van der Waals surface area contributed by atoms with Gasteiger partial charge in [-0.05, 0) is 50.4 Å². The van der Waals surface area contributed by atoms with Crippen LogP contribution in [0.2, 0.25) is 0 Å². The van der Waals surface area contributed by atoms with Crippen LogP contribution in [0.5, 0.6) is 0 Å². The van der Waals surface area contributed by atoms with E-state index in [9.17, 15) is 9.59 Å². The Balaban J connectivity index is 1.38. The molecule has 0 saturated carbocycles. The van der Waals surface area contributed by atoms with Crippen molar-refractivity contribution in [3.05, 3.63) is 71.3 Å². The number of hydrogen-bond donors (Lipinski definition) is 1. The lowest BCUT2D eigenvalue weighted by Gasteiger charge is -2.16. The van der Waals surface area contributed by atoms with E-state index in [1.165, 1.54) is 10.5 Å². The lowest BCUT2D eigenvalue weighted by molar-refractivity contribution is 0.0651. The van der Waals surface area contributed by atoms with Gasteiger partial charge in [-0.1, -0.05) is 42.5 Å². The molecule has 2 aromatic carbocycles. The van der Waals surface area contributed by atoms with Crippen LogP contribution in [0, 0.1) is 0 Å². The first-order valence-electron chi connectivity index (χ1n) is 8.89. The number of carbonyl (C=O) groups is 2. The fourth-order valence-electron chi connectivity index (χ4n) is 3.23. The van der Waals surface area contributed by atoms with Crippen molar-refractivity contribution < 1.29 is 9.59 Å². The zero-order chi connectivity index (χ0) is 17.6. The molecule has 130 valence electrons. The molecule has 1 N–H and O–H groups in total. The SMILES string of the molecule is CC(Cc1ccccc1)NCCCCN1C(=O)c2ccccc2C1=O. The second-order valence-corrected chi connectivity index (χ2v) is 6.56. The van der Waals surface area contributed by atoms with Crippen molar-refractivity contribution in [2.24, 2.45) is 0 Å². The third-order valence-electron chi connectivity index (χ3n) is 4.56. The number of amides is 2. The highest BCUT2D eigenvalue weighted by Crippen LogP contribution is 2.22. The second kappa shape index (κ2) is 8.08. The van der Waals surface area contributed by atoms with E-state index in [1.807, 2.05) is 6.07 Å². The molecule has 0 spiro atoms. The molecule has 0 aromatic heterocycles. The van der Waals surface area contributed by atoms with E-state index in [-0.39, 0.29) is 11.8 Å². The number of nitrogens with zero attached hydrogens (tertiary/aromatic N) is 1. The zero-order valence-electron chi connectivity index (χ0n) is 14.6. The van der Waals surface area contributed by atoms with E-state index in [2.05, 4.69) is 36.5 Å². The van der Waals surface area contributed by atoms with Crippen LogP contribution in [0.25, 0.3) is 0 Å². The van der Waals surface area contributed by atoms with Gasteiger partial charge in [0.1, 0.15) is 0 Å². The maximum absolute atomic E-state index is 12.3. The van der Waals surface area contributed by atoms with Crippen molar-refractivity contribution in [2.45, 2.75) is 32.2 Å². The fourth-order valence-corrected chi connectivity index (χ4v) is 3.23. The summed E-state index contributed by atoms with van der Waals surface area (Å²) < 4.78 is 0. The van der Waals surface area contributed by atoms with Crippen molar-refractivity contribution in [2.75, 3.05) is 13.1 Å². The fraction of sp³-hybridized carbons (Fsp3) is 0.333. The van der Waals surface area contributed by atoms with Gasteiger partial charge in [-0.25, -0.2) is 0 Å². The molecule has 4 nitrogen and oxygen atoms in total. The quantitative estimate of drug-likeness (QED) is 0.594. The van der Waals surface area contributed by atoms with Crippen molar-refractivity contribution >= 4 is 11.8 Å². The number of nitrogens with one attached hydrogen (secondary N) is 1. The molecule has 1 unspecified atom stereocenters. The van der Waals surface area contributed by atoms with Gasteiger partial charge in [0.25, 0.3) is 11.8 Å². The molecular weight excluding hydrogens is 312 g/mol. The van der Waals surface area contributed by atoms with Crippen molar-refractivity contribution in [1.82, 2.24) is 10.2 Å². The van der Waals surface area contributed by atoms with Gasteiger partial charge in [0.2, 0.25) is 0 Å².